The van der Waals surface area contributed by atoms with Crippen LogP contribution in [-0.4, -0.2) is 22.9 Å². The molecule has 1 aromatic rings. The second-order valence-corrected chi connectivity index (χ2v) is 5.44. The number of rotatable bonds is 6. The number of phenolic OH excluding ortho intramolecular Hbond substituents is 1. The molecule has 0 amide bonds. The van der Waals surface area contributed by atoms with Crippen molar-refractivity contribution in [3.63, 3.8) is 0 Å². The lowest BCUT2D eigenvalue weighted by atomic mass is 10.1. The number of benzene rings is 1. The topological polar surface area (TPSA) is 52.5 Å². The van der Waals surface area contributed by atoms with Gasteiger partial charge in [-0.1, -0.05) is 12.1 Å². The van der Waals surface area contributed by atoms with Crippen LogP contribution in [-0.2, 0) is 6.54 Å². The molecule has 1 unspecified atom stereocenters. The Morgan fingerprint density at radius 3 is 2.82 bits per heavy atom. The Hall–Kier alpha value is -0.580. The van der Waals surface area contributed by atoms with E-state index in [4.69, 9.17) is 5.11 Å². The van der Waals surface area contributed by atoms with Crippen LogP contribution >= 0.6 is 15.9 Å². The molecule has 4 heteroatoms. The second-order valence-electron chi connectivity index (χ2n) is 4.58. The van der Waals surface area contributed by atoms with Crippen molar-refractivity contribution in [1.29, 1.82) is 0 Å². The lowest BCUT2D eigenvalue weighted by molar-refractivity contribution is 0.255. The van der Waals surface area contributed by atoms with Crippen molar-refractivity contribution in [2.45, 2.75) is 31.8 Å². The number of halogens is 1. The Balaban J connectivity index is 1.93. The number of para-hydroxylation sites is 1. The van der Waals surface area contributed by atoms with Crippen LogP contribution in [0.2, 0.25) is 0 Å². The molecule has 1 atom stereocenters. The molecule has 2 rings (SSSR count). The molecule has 0 radical (unpaired) electrons. The van der Waals surface area contributed by atoms with Crippen molar-refractivity contribution in [3.05, 3.63) is 28.2 Å². The van der Waals surface area contributed by atoms with Gasteiger partial charge in [-0.2, -0.15) is 0 Å². The molecule has 1 fully saturated rings. The van der Waals surface area contributed by atoms with Crippen LogP contribution in [0.25, 0.3) is 0 Å². The molecule has 3 N–H and O–H groups in total. The van der Waals surface area contributed by atoms with Crippen LogP contribution in [0, 0.1) is 5.92 Å². The van der Waals surface area contributed by atoms with E-state index in [2.05, 4.69) is 21.2 Å². The van der Waals surface area contributed by atoms with Crippen LogP contribution in [0.4, 0.5) is 0 Å². The van der Waals surface area contributed by atoms with E-state index < -0.39 is 0 Å². The van der Waals surface area contributed by atoms with Gasteiger partial charge in [0.25, 0.3) is 0 Å². The molecule has 94 valence electrons. The monoisotopic (exact) mass is 299 g/mol. The van der Waals surface area contributed by atoms with Crippen LogP contribution in [0.5, 0.6) is 5.75 Å². The maximum Gasteiger partial charge on any atom is 0.134 e. The molecule has 0 heterocycles. The molecule has 0 saturated heterocycles. The number of aliphatic hydroxyl groups excluding tert-OH is 1. The minimum Gasteiger partial charge on any atom is -0.506 e. The van der Waals surface area contributed by atoms with E-state index in [1.54, 1.807) is 0 Å². The fraction of sp³-hybridized carbons (Fsp3) is 0.538. The molecular weight excluding hydrogens is 282 g/mol. The first kappa shape index (κ1) is 12.9. The fourth-order valence-corrected chi connectivity index (χ4v) is 2.49. The van der Waals surface area contributed by atoms with Gasteiger partial charge in [0, 0.05) is 24.8 Å². The van der Waals surface area contributed by atoms with Gasteiger partial charge in [-0.05, 0) is 47.2 Å². The molecule has 17 heavy (non-hydrogen) atoms. The fourth-order valence-electron chi connectivity index (χ4n) is 2.09. The van der Waals surface area contributed by atoms with Gasteiger partial charge < -0.3 is 15.5 Å². The summed E-state index contributed by atoms with van der Waals surface area (Å²) in [6, 6.07) is 6.03. The average Bonchev–Trinajstić information content (AvgIpc) is 3.13. The number of aliphatic hydroxyl groups is 1. The predicted molar refractivity (Wildman–Crippen MR) is 70.9 cm³/mol. The van der Waals surface area contributed by atoms with Gasteiger partial charge in [-0.15, -0.1) is 0 Å². The molecule has 0 spiro atoms. The minimum absolute atomic E-state index is 0.221. The molecule has 0 bridgehead atoms. The highest BCUT2D eigenvalue weighted by Crippen LogP contribution is 2.34. The zero-order valence-corrected chi connectivity index (χ0v) is 11.3. The summed E-state index contributed by atoms with van der Waals surface area (Å²) >= 11 is 3.31. The predicted octanol–water partition coefficient (Wildman–Crippen LogP) is 2.41. The third kappa shape index (κ3) is 3.44. The van der Waals surface area contributed by atoms with Crippen molar-refractivity contribution in [2.75, 3.05) is 6.61 Å². The summed E-state index contributed by atoms with van der Waals surface area (Å²) in [5.74, 6) is 1.01. The van der Waals surface area contributed by atoms with Crippen molar-refractivity contribution >= 4 is 15.9 Å². The van der Waals surface area contributed by atoms with Crippen LogP contribution < -0.4 is 5.32 Å². The summed E-state index contributed by atoms with van der Waals surface area (Å²) in [4.78, 5) is 0. The first-order valence-electron chi connectivity index (χ1n) is 6.03. The Morgan fingerprint density at radius 1 is 1.41 bits per heavy atom. The SMILES string of the molecule is OCCC(NCc1cccc(Br)c1O)C1CC1. The van der Waals surface area contributed by atoms with Gasteiger partial charge in [0.1, 0.15) is 5.75 Å². The largest absolute Gasteiger partial charge is 0.506 e. The summed E-state index contributed by atoms with van der Waals surface area (Å²) in [5.41, 5.74) is 0.892. The van der Waals surface area contributed by atoms with Crippen molar-refractivity contribution in [2.24, 2.45) is 5.92 Å². The summed E-state index contributed by atoms with van der Waals surface area (Å²) in [6.45, 7) is 0.866. The third-order valence-corrected chi connectivity index (χ3v) is 3.90. The molecule has 1 aliphatic carbocycles. The molecule has 0 aromatic heterocycles. The van der Waals surface area contributed by atoms with Crippen molar-refractivity contribution in [1.82, 2.24) is 5.32 Å². The van der Waals surface area contributed by atoms with Gasteiger partial charge in [0.15, 0.2) is 0 Å². The Morgan fingerprint density at radius 2 is 2.18 bits per heavy atom. The van der Waals surface area contributed by atoms with Crippen molar-refractivity contribution < 1.29 is 10.2 Å². The van der Waals surface area contributed by atoms with Crippen LogP contribution in [0.3, 0.4) is 0 Å². The zero-order chi connectivity index (χ0) is 12.3. The first-order chi connectivity index (χ1) is 8.22. The zero-order valence-electron chi connectivity index (χ0n) is 9.69. The average molecular weight is 300 g/mol. The molecule has 1 aliphatic rings. The summed E-state index contributed by atoms with van der Waals surface area (Å²) in [6.07, 6.45) is 3.30. The quantitative estimate of drug-likeness (QED) is 0.756. The molecule has 1 aromatic carbocycles. The standard InChI is InChI=1S/C13H18BrNO2/c14-11-3-1-2-10(13(11)17)8-15-12(6-7-16)9-4-5-9/h1-3,9,12,15-17H,4-8H2. The molecule has 3 nitrogen and oxygen atoms in total. The number of nitrogens with one attached hydrogen (secondary N) is 1. The van der Waals surface area contributed by atoms with Crippen LogP contribution in [0.1, 0.15) is 24.8 Å². The number of phenols is 1. The normalized spacial score (nSPS) is 17.1. The summed E-state index contributed by atoms with van der Waals surface area (Å²) in [7, 11) is 0. The van der Waals surface area contributed by atoms with E-state index in [1.807, 2.05) is 18.2 Å². The van der Waals surface area contributed by atoms with Gasteiger partial charge in [0.05, 0.1) is 4.47 Å². The lowest BCUT2D eigenvalue weighted by Crippen LogP contribution is -2.31. The van der Waals surface area contributed by atoms with E-state index in [0.29, 0.717) is 24.3 Å². The number of hydrogen-bond acceptors (Lipinski definition) is 3. The van der Waals surface area contributed by atoms with Gasteiger partial charge in [-0.25, -0.2) is 0 Å². The molecular formula is C13H18BrNO2. The highest BCUT2D eigenvalue weighted by molar-refractivity contribution is 9.10. The highest BCUT2D eigenvalue weighted by Gasteiger charge is 2.30. The van der Waals surface area contributed by atoms with E-state index in [1.165, 1.54) is 12.8 Å². The van der Waals surface area contributed by atoms with E-state index >= 15 is 0 Å². The molecule has 0 aliphatic heterocycles. The Kier molecular flexibility index (Phi) is 4.42. The maximum absolute atomic E-state index is 9.86. The highest BCUT2D eigenvalue weighted by atomic mass is 79.9. The maximum atomic E-state index is 9.86. The Bertz CT molecular complexity index is 380. The first-order valence-corrected chi connectivity index (χ1v) is 6.82. The number of aromatic hydroxyl groups is 1. The van der Waals surface area contributed by atoms with E-state index in [9.17, 15) is 5.11 Å². The summed E-state index contributed by atoms with van der Waals surface area (Å²) in [5, 5.41) is 22.3. The van der Waals surface area contributed by atoms with E-state index in [0.717, 1.165) is 16.5 Å². The minimum atomic E-state index is 0.221. The van der Waals surface area contributed by atoms with Gasteiger partial charge in [-0.3, -0.25) is 0 Å². The molecule has 1 saturated carbocycles. The van der Waals surface area contributed by atoms with Crippen LogP contribution in [0.15, 0.2) is 22.7 Å². The van der Waals surface area contributed by atoms with E-state index in [-0.39, 0.29) is 6.61 Å². The lowest BCUT2D eigenvalue weighted by Gasteiger charge is -2.17. The second kappa shape index (κ2) is 5.85. The summed E-state index contributed by atoms with van der Waals surface area (Å²) < 4.78 is 0.724. The Labute approximate surface area is 110 Å². The van der Waals surface area contributed by atoms with Gasteiger partial charge in [0.2, 0.25) is 0 Å². The smallest absolute Gasteiger partial charge is 0.134 e. The van der Waals surface area contributed by atoms with Gasteiger partial charge >= 0.3 is 0 Å². The van der Waals surface area contributed by atoms with Crippen molar-refractivity contribution in [3.8, 4) is 5.75 Å². The third-order valence-electron chi connectivity index (χ3n) is 3.26. The number of hydrogen-bond donors (Lipinski definition) is 3.